The maximum absolute atomic E-state index is 12.3. The molecule has 2 heterocycles. The van der Waals surface area contributed by atoms with Gasteiger partial charge in [0.1, 0.15) is 5.60 Å². The fourth-order valence-corrected chi connectivity index (χ4v) is 2.73. The topological polar surface area (TPSA) is 42.4 Å². The van der Waals surface area contributed by atoms with Crippen LogP contribution in [0.5, 0.6) is 0 Å². The van der Waals surface area contributed by atoms with E-state index in [-0.39, 0.29) is 18.1 Å². The average molecular weight is 276 g/mol. The Hall–Kier alpha value is -1.58. The molecule has 0 aliphatic carbocycles. The van der Waals surface area contributed by atoms with Gasteiger partial charge in [-0.3, -0.25) is 4.98 Å². The van der Waals surface area contributed by atoms with Gasteiger partial charge in [0.05, 0.1) is 0 Å². The summed E-state index contributed by atoms with van der Waals surface area (Å²) in [5, 5.41) is 0. The molecule has 2 atom stereocenters. The molecule has 1 amide bonds. The summed E-state index contributed by atoms with van der Waals surface area (Å²) in [5.41, 5.74) is 0.731. The number of nitrogens with zero attached hydrogens (tertiary/aromatic N) is 2. The van der Waals surface area contributed by atoms with Crippen molar-refractivity contribution in [2.75, 3.05) is 6.54 Å². The highest BCUT2D eigenvalue weighted by atomic mass is 16.6. The van der Waals surface area contributed by atoms with E-state index in [0.29, 0.717) is 0 Å². The lowest BCUT2D eigenvalue weighted by Gasteiger charge is -2.31. The second kappa shape index (κ2) is 5.81. The van der Waals surface area contributed by atoms with Crippen LogP contribution in [0.4, 0.5) is 4.79 Å². The number of hydrogen-bond acceptors (Lipinski definition) is 3. The predicted octanol–water partition coefficient (Wildman–Crippen LogP) is 3.58. The molecule has 0 saturated carbocycles. The van der Waals surface area contributed by atoms with E-state index in [4.69, 9.17) is 4.74 Å². The van der Waals surface area contributed by atoms with Crippen molar-refractivity contribution in [1.82, 2.24) is 9.88 Å². The van der Waals surface area contributed by atoms with Crippen LogP contribution in [-0.2, 0) is 4.74 Å². The first-order valence-electron chi connectivity index (χ1n) is 7.28. The summed E-state index contributed by atoms with van der Waals surface area (Å²) in [6.07, 6.45) is 5.52. The van der Waals surface area contributed by atoms with Gasteiger partial charge in [-0.15, -0.1) is 0 Å². The Morgan fingerprint density at radius 3 is 2.85 bits per heavy atom. The average Bonchev–Trinajstić information content (AvgIpc) is 2.86. The maximum atomic E-state index is 12.3. The number of pyridine rings is 1. The van der Waals surface area contributed by atoms with Gasteiger partial charge in [-0.1, -0.05) is 13.0 Å². The van der Waals surface area contributed by atoms with Gasteiger partial charge >= 0.3 is 6.09 Å². The van der Waals surface area contributed by atoms with E-state index in [9.17, 15) is 4.79 Å². The fraction of sp³-hybridized carbons (Fsp3) is 0.625. The Morgan fingerprint density at radius 1 is 1.50 bits per heavy atom. The Kier molecular flexibility index (Phi) is 4.31. The molecule has 110 valence electrons. The van der Waals surface area contributed by atoms with Crippen molar-refractivity contribution < 1.29 is 9.53 Å². The smallest absolute Gasteiger partial charge is 0.410 e. The molecular formula is C16H24N2O2. The SMILES string of the molecule is C[C@H](c1cccnc1)[C@H]1CCCN1C(=O)OC(C)(C)C. The molecule has 1 fully saturated rings. The molecule has 1 aliphatic rings. The number of aromatic nitrogens is 1. The van der Waals surface area contributed by atoms with E-state index in [1.54, 1.807) is 6.20 Å². The van der Waals surface area contributed by atoms with E-state index in [1.165, 1.54) is 5.56 Å². The molecule has 1 aromatic rings. The van der Waals surface area contributed by atoms with Gasteiger partial charge in [0, 0.05) is 30.9 Å². The van der Waals surface area contributed by atoms with Crippen LogP contribution in [0.15, 0.2) is 24.5 Å². The first kappa shape index (κ1) is 14.8. The van der Waals surface area contributed by atoms with Crippen molar-refractivity contribution in [3.05, 3.63) is 30.1 Å². The summed E-state index contributed by atoms with van der Waals surface area (Å²) in [5.74, 6) is 0.277. The lowest BCUT2D eigenvalue weighted by atomic mass is 9.93. The molecule has 4 nitrogen and oxygen atoms in total. The van der Waals surface area contributed by atoms with Crippen molar-refractivity contribution in [2.45, 2.75) is 58.1 Å². The molecule has 0 spiro atoms. The highest BCUT2D eigenvalue weighted by Gasteiger charge is 2.35. The quantitative estimate of drug-likeness (QED) is 0.829. The van der Waals surface area contributed by atoms with Crippen molar-refractivity contribution in [2.24, 2.45) is 0 Å². The van der Waals surface area contributed by atoms with E-state index < -0.39 is 5.60 Å². The van der Waals surface area contributed by atoms with Gasteiger partial charge in [-0.05, 0) is 45.2 Å². The van der Waals surface area contributed by atoms with Crippen LogP contribution < -0.4 is 0 Å². The molecule has 0 N–H and O–H groups in total. The fourth-order valence-electron chi connectivity index (χ4n) is 2.73. The van der Waals surface area contributed by atoms with Gasteiger partial charge in [-0.25, -0.2) is 4.79 Å². The summed E-state index contributed by atoms with van der Waals surface area (Å²) in [6.45, 7) is 8.65. The molecule has 20 heavy (non-hydrogen) atoms. The highest BCUT2D eigenvalue weighted by molar-refractivity contribution is 5.69. The molecule has 0 aromatic carbocycles. The molecule has 0 bridgehead atoms. The number of carbonyl (C=O) groups excluding carboxylic acids is 1. The van der Waals surface area contributed by atoms with Gasteiger partial charge in [0.2, 0.25) is 0 Å². The number of hydrogen-bond donors (Lipinski definition) is 0. The van der Waals surface area contributed by atoms with Crippen LogP contribution in [0, 0.1) is 0 Å². The third kappa shape index (κ3) is 3.50. The molecule has 0 unspecified atom stereocenters. The zero-order valence-corrected chi connectivity index (χ0v) is 12.8. The van der Waals surface area contributed by atoms with E-state index >= 15 is 0 Å². The number of rotatable bonds is 2. The van der Waals surface area contributed by atoms with Crippen LogP contribution in [0.1, 0.15) is 52.0 Å². The summed E-state index contributed by atoms with van der Waals surface area (Å²) in [4.78, 5) is 18.3. The van der Waals surface area contributed by atoms with Crippen LogP contribution in [0.25, 0.3) is 0 Å². The predicted molar refractivity (Wildman–Crippen MR) is 78.6 cm³/mol. The van der Waals surface area contributed by atoms with Crippen molar-refractivity contribution in [1.29, 1.82) is 0 Å². The first-order chi connectivity index (χ1) is 9.38. The molecule has 1 saturated heterocycles. The maximum Gasteiger partial charge on any atom is 0.410 e. The van der Waals surface area contributed by atoms with Crippen LogP contribution in [0.2, 0.25) is 0 Å². The van der Waals surface area contributed by atoms with E-state index in [2.05, 4.69) is 18.0 Å². The van der Waals surface area contributed by atoms with Crippen LogP contribution in [0.3, 0.4) is 0 Å². The molecule has 0 radical (unpaired) electrons. The monoisotopic (exact) mass is 276 g/mol. The van der Waals surface area contributed by atoms with Crippen molar-refractivity contribution >= 4 is 6.09 Å². The molecule has 4 heteroatoms. The van der Waals surface area contributed by atoms with Gasteiger partial charge < -0.3 is 9.64 Å². The number of amides is 1. The van der Waals surface area contributed by atoms with E-state index in [1.807, 2.05) is 37.9 Å². The first-order valence-corrected chi connectivity index (χ1v) is 7.28. The Bertz CT molecular complexity index is 453. The third-order valence-electron chi connectivity index (χ3n) is 3.71. The second-order valence-corrected chi connectivity index (χ2v) is 6.46. The minimum absolute atomic E-state index is 0.198. The summed E-state index contributed by atoms with van der Waals surface area (Å²) in [6, 6.07) is 4.22. The van der Waals surface area contributed by atoms with Crippen molar-refractivity contribution in [3.8, 4) is 0 Å². The lowest BCUT2D eigenvalue weighted by molar-refractivity contribution is 0.0209. The summed E-state index contributed by atoms with van der Waals surface area (Å²) >= 11 is 0. The normalized spacial score (nSPS) is 20.8. The van der Waals surface area contributed by atoms with E-state index in [0.717, 1.165) is 19.4 Å². The van der Waals surface area contributed by atoms with Gasteiger partial charge in [0.25, 0.3) is 0 Å². The lowest BCUT2D eigenvalue weighted by Crippen LogP contribution is -2.41. The van der Waals surface area contributed by atoms with Crippen LogP contribution >= 0.6 is 0 Å². The number of likely N-dealkylation sites (tertiary alicyclic amines) is 1. The minimum Gasteiger partial charge on any atom is -0.444 e. The number of ether oxygens (including phenoxy) is 1. The Morgan fingerprint density at radius 2 is 2.25 bits per heavy atom. The zero-order valence-electron chi connectivity index (χ0n) is 12.8. The van der Waals surface area contributed by atoms with Gasteiger partial charge in [0.15, 0.2) is 0 Å². The second-order valence-electron chi connectivity index (χ2n) is 6.46. The third-order valence-corrected chi connectivity index (χ3v) is 3.71. The standard InChI is InChI=1S/C16H24N2O2/c1-12(13-7-5-9-17-11-13)14-8-6-10-18(14)15(19)20-16(2,3)4/h5,7,9,11-12,14H,6,8,10H2,1-4H3/t12-,14-/m1/s1. The van der Waals surface area contributed by atoms with Gasteiger partial charge in [-0.2, -0.15) is 0 Å². The van der Waals surface area contributed by atoms with Crippen LogP contribution in [-0.4, -0.2) is 34.2 Å². The molecule has 1 aliphatic heterocycles. The molecular weight excluding hydrogens is 252 g/mol. The minimum atomic E-state index is -0.443. The molecule has 2 rings (SSSR count). The Labute approximate surface area is 121 Å². The number of carbonyl (C=O) groups is 1. The van der Waals surface area contributed by atoms with Crippen molar-refractivity contribution in [3.63, 3.8) is 0 Å². The Balaban J connectivity index is 2.09. The largest absolute Gasteiger partial charge is 0.444 e. The summed E-state index contributed by atoms with van der Waals surface area (Å²) < 4.78 is 5.51. The molecule has 1 aromatic heterocycles. The summed E-state index contributed by atoms with van der Waals surface area (Å²) in [7, 11) is 0. The highest BCUT2D eigenvalue weighted by Crippen LogP contribution is 2.31. The zero-order chi connectivity index (χ0) is 14.8.